The van der Waals surface area contributed by atoms with Gasteiger partial charge >= 0.3 is 6.18 Å². The average Bonchev–Trinajstić information content (AvgIpc) is 3.42. The second-order valence-electron chi connectivity index (χ2n) is 7.80. The van der Waals surface area contributed by atoms with Gasteiger partial charge in [0.25, 0.3) is 0 Å². The number of pyridine rings is 1. The zero-order valence-corrected chi connectivity index (χ0v) is 18.8. The van der Waals surface area contributed by atoms with E-state index in [9.17, 15) is 23.1 Å². The number of aromatic nitrogens is 4. The number of nitrogens with zero attached hydrogens (tertiary/aromatic N) is 4. The van der Waals surface area contributed by atoms with Crippen LogP contribution < -0.4 is 14.8 Å². The summed E-state index contributed by atoms with van der Waals surface area (Å²) in [5.41, 5.74) is -1.93. The lowest BCUT2D eigenvalue weighted by molar-refractivity contribution is -0.270. The van der Waals surface area contributed by atoms with Gasteiger partial charge < -0.3 is 28.9 Å². The zero-order valence-electron chi connectivity index (χ0n) is 18.8. The molecule has 0 aliphatic rings. The third-order valence-corrected chi connectivity index (χ3v) is 5.31. The van der Waals surface area contributed by atoms with E-state index < -0.39 is 29.9 Å². The summed E-state index contributed by atoms with van der Waals surface area (Å²) in [6, 6.07) is 9.93. The Morgan fingerprint density at radius 3 is 2.63 bits per heavy atom. The SMILES string of the molecule is COc1ccc(NC(=O)CC(O)(c2nccn2C)C(F)(F)F)cc1OCc1cn2ccccc2n1. The monoisotopic (exact) mass is 489 g/mol. The molecule has 9 nitrogen and oxygen atoms in total. The molecular weight excluding hydrogens is 467 g/mol. The molecule has 0 fully saturated rings. The first-order valence-corrected chi connectivity index (χ1v) is 10.4. The van der Waals surface area contributed by atoms with Gasteiger partial charge in [-0.15, -0.1) is 0 Å². The summed E-state index contributed by atoms with van der Waals surface area (Å²) in [6.07, 6.45) is -0.421. The van der Waals surface area contributed by atoms with Crippen molar-refractivity contribution in [2.45, 2.75) is 24.8 Å². The highest BCUT2D eigenvalue weighted by molar-refractivity contribution is 5.91. The smallest absolute Gasteiger partial charge is 0.425 e. The van der Waals surface area contributed by atoms with Crippen LogP contribution >= 0.6 is 0 Å². The maximum atomic E-state index is 13.7. The minimum atomic E-state index is -5.13. The van der Waals surface area contributed by atoms with Crippen molar-refractivity contribution in [3.8, 4) is 11.5 Å². The second-order valence-corrected chi connectivity index (χ2v) is 7.80. The van der Waals surface area contributed by atoms with E-state index in [0.29, 0.717) is 11.4 Å². The lowest BCUT2D eigenvalue weighted by Gasteiger charge is -2.29. The first-order valence-electron chi connectivity index (χ1n) is 10.4. The summed E-state index contributed by atoms with van der Waals surface area (Å²) in [6.45, 7) is 0.0857. The number of nitrogens with one attached hydrogen (secondary N) is 1. The Morgan fingerprint density at radius 2 is 1.97 bits per heavy atom. The summed E-state index contributed by atoms with van der Waals surface area (Å²) in [7, 11) is 2.73. The highest BCUT2D eigenvalue weighted by Crippen LogP contribution is 2.41. The number of methoxy groups -OCH3 is 1. The Morgan fingerprint density at radius 1 is 1.17 bits per heavy atom. The molecule has 0 bridgehead atoms. The van der Waals surface area contributed by atoms with Crippen LogP contribution in [0.4, 0.5) is 18.9 Å². The highest BCUT2D eigenvalue weighted by atomic mass is 19.4. The van der Waals surface area contributed by atoms with Crippen LogP contribution in [-0.2, 0) is 24.1 Å². The Bertz CT molecular complexity index is 1320. The Kier molecular flexibility index (Phi) is 6.39. The number of amides is 1. The number of benzene rings is 1. The topological polar surface area (TPSA) is 103 Å². The van der Waals surface area contributed by atoms with Crippen LogP contribution in [0.2, 0.25) is 0 Å². The third kappa shape index (κ3) is 4.92. The number of hydrogen-bond acceptors (Lipinski definition) is 6. The molecule has 0 saturated carbocycles. The number of imidazole rings is 2. The number of rotatable bonds is 8. The summed E-state index contributed by atoms with van der Waals surface area (Å²) < 4.78 is 55.1. The van der Waals surface area contributed by atoms with Gasteiger partial charge in [-0.05, 0) is 24.3 Å². The van der Waals surface area contributed by atoms with Crippen LogP contribution in [0.15, 0.2) is 61.2 Å². The Hall–Kier alpha value is -4.06. The molecule has 35 heavy (non-hydrogen) atoms. The van der Waals surface area contributed by atoms with Crippen molar-refractivity contribution in [2.75, 3.05) is 12.4 Å². The van der Waals surface area contributed by atoms with Gasteiger partial charge in [-0.2, -0.15) is 13.2 Å². The summed E-state index contributed by atoms with van der Waals surface area (Å²) in [5, 5.41) is 12.8. The van der Waals surface area contributed by atoms with E-state index in [1.54, 1.807) is 6.20 Å². The number of anilines is 1. The van der Waals surface area contributed by atoms with E-state index in [2.05, 4.69) is 15.3 Å². The predicted octanol–water partition coefficient (Wildman–Crippen LogP) is 3.43. The molecule has 4 aromatic rings. The van der Waals surface area contributed by atoms with Crippen molar-refractivity contribution in [3.05, 3.63) is 72.7 Å². The molecule has 0 spiro atoms. The fraction of sp³-hybridized carbons (Fsp3) is 0.261. The molecule has 0 radical (unpaired) electrons. The minimum absolute atomic E-state index is 0.0857. The van der Waals surface area contributed by atoms with Crippen LogP contribution in [0.3, 0.4) is 0 Å². The van der Waals surface area contributed by atoms with Gasteiger partial charge in [0.05, 0.1) is 19.2 Å². The van der Waals surface area contributed by atoms with Gasteiger partial charge in [-0.3, -0.25) is 4.79 Å². The van der Waals surface area contributed by atoms with Gasteiger partial charge in [0.1, 0.15) is 12.3 Å². The second kappa shape index (κ2) is 9.29. The minimum Gasteiger partial charge on any atom is -0.493 e. The van der Waals surface area contributed by atoms with Crippen LogP contribution in [0, 0.1) is 0 Å². The van der Waals surface area contributed by atoms with Crippen molar-refractivity contribution in [1.82, 2.24) is 18.9 Å². The average molecular weight is 489 g/mol. The maximum Gasteiger partial charge on any atom is 0.425 e. The molecule has 1 amide bonds. The van der Waals surface area contributed by atoms with Crippen molar-refractivity contribution in [2.24, 2.45) is 7.05 Å². The van der Waals surface area contributed by atoms with Gasteiger partial charge in [0, 0.05) is 43.6 Å². The molecule has 1 aromatic carbocycles. The number of carbonyl (C=O) groups is 1. The lowest BCUT2D eigenvalue weighted by Crippen LogP contribution is -2.46. The van der Waals surface area contributed by atoms with Crippen LogP contribution in [0.1, 0.15) is 17.9 Å². The van der Waals surface area contributed by atoms with Crippen molar-refractivity contribution in [3.63, 3.8) is 0 Å². The van der Waals surface area contributed by atoms with Crippen molar-refractivity contribution >= 4 is 17.2 Å². The largest absolute Gasteiger partial charge is 0.493 e. The van der Waals surface area contributed by atoms with Crippen molar-refractivity contribution in [1.29, 1.82) is 0 Å². The van der Waals surface area contributed by atoms with E-state index in [1.165, 1.54) is 38.6 Å². The molecule has 12 heteroatoms. The number of alkyl halides is 3. The third-order valence-electron chi connectivity index (χ3n) is 5.31. The van der Waals surface area contributed by atoms with Gasteiger partial charge in [0.2, 0.25) is 11.5 Å². The number of carbonyl (C=O) groups excluding carboxylic acids is 1. The molecule has 1 unspecified atom stereocenters. The first-order chi connectivity index (χ1) is 16.6. The van der Waals surface area contributed by atoms with E-state index in [4.69, 9.17) is 9.47 Å². The Balaban J connectivity index is 1.50. The molecule has 0 saturated heterocycles. The molecule has 2 N–H and O–H groups in total. The molecule has 4 rings (SSSR count). The van der Waals surface area contributed by atoms with E-state index in [1.807, 2.05) is 28.8 Å². The number of halogens is 3. The normalized spacial score (nSPS) is 13.4. The maximum absolute atomic E-state index is 13.7. The fourth-order valence-corrected chi connectivity index (χ4v) is 3.58. The fourth-order valence-electron chi connectivity index (χ4n) is 3.58. The number of ether oxygens (including phenoxy) is 2. The molecule has 3 heterocycles. The van der Waals surface area contributed by atoms with Gasteiger partial charge in [-0.25, -0.2) is 9.97 Å². The predicted molar refractivity (Wildman–Crippen MR) is 119 cm³/mol. The zero-order chi connectivity index (χ0) is 25.2. The molecule has 184 valence electrons. The molecule has 1 atom stereocenters. The quantitative estimate of drug-likeness (QED) is 0.393. The van der Waals surface area contributed by atoms with Crippen LogP contribution in [0.5, 0.6) is 11.5 Å². The highest BCUT2D eigenvalue weighted by Gasteiger charge is 2.58. The number of fused-ring (bicyclic) bond motifs is 1. The Labute approximate surface area is 197 Å². The number of hydrogen-bond donors (Lipinski definition) is 2. The van der Waals surface area contributed by atoms with E-state index in [0.717, 1.165) is 16.4 Å². The summed E-state index contributed by atoms with van der Waals surface area (Å²) in [5.74, 6) is -1.15. The molecule has 0 aliphatic carbocycles. The molecular formula is C23H22F3N5O4. The van der Waals surface area contributed by atoms with Crippen LogP contribution in [0.25, 0.3) is 5.65 Å². The molecule has 0 aliphatic heterocycles. The number of aryl methyl sites for hydroxylation is 1. The standard InChI is InChI=1S/C23H22F3N5O4/c1-30-10-8-27-21(30)22(33,23(24,25)26)12-20(32)29-15-6-7-17(34-2)18(11-15)35-14-16-13-31-9-4-3-5-19(31)28-16/h3-11,13,33H,12,14H2,1-2H3,(H,29,32). The number of aliphatic hydroxyl groups is 1. The van der Waals surface area contributed by atoms with E-state index >= 15 is 0 Å². The summed E-state index contributed by atoms with van der Waals surface area (Å²) in [4.78, 5) is 20.6. The van der Waals surface area contributed by atoms with Gasteiger partial charge in [-0.1, -0.05) is 6.07 Å². The first kappa shape index (κ1) is 24.1. The van der Waals surface area contributed by atoms with Crippen LogP contribution in [-0.4, -0.2) is 43.2 Å². The van der Waals surface area contributed by atoms with E-state index in [-0.39, 0.29) is 18.0 Å². The molecule has 3 aromatic heterocycles. The lowest BCUT2D eigenvalue weighted by atomic mass is 9.97. The summed E-state index contributed by atoms with van der Waals surface area (Å²) >= 11 is 0. The van der Waals surface area contributed by atoms with Gasteiger partial charge in [0.15, 0.2) is 17.3 Å². The van der Waals surface area contributed by atoms with Crippen molar-refractivity contribution < 1.29 is 32.5 Å².